The predicted molar refractivity (Wildman–Crippen MR) is 79.7 cm³/mol. The highest BCUT2D eigenvalue weighted by molar-refractivity contribution is 5.94. The number of fused-ring (bicyclic) bond motifs is 1. The zero-order valence-electron chi connectivity index (χ0n) is 12.1. The van der Waals surface area contributed by atoms with Crippen LogP contribution >= 0.6 is 0 Å². The summed E-state index contributed by atoms with van der Waals surface area (Å²) in [6, 6.07) is 4.96. The quantitative estimate of drug-likeness (QED) is 0.793. The fraction of sp³-hybridized carbons (Fsp3) is 0.375. The third-order valence-corrected chi connectivity index (χ3v) is 3.91. The molecule has 2 heterocycles. The second kappa shape index (κ2) is 6.19. The Labute approximate surface area is 127 Å². The molecule has 116 valence electrons. The molecule has 3 N–H and O–H groups in total. The van der Waals surface area contributed by atoms with Gasteiger partial charge in [0.05, 0.1) is 12.8 Å². The summed E-state index contributed by atoms with van der Waals surface area (Å²) in [5.41, 5.74) is 1.67. The van der Waals surface area contributed by atoms with E-state index >= 15 is 0 Å². The van der Waals surface area contributed by atoms with Crippen LogP contribution in [0.5, 0.6) is 0 Å². The van der Waals surface area contributed by atoms with E-state index in [0.717, 1.165) is 36.9 Å². The lowest BCUT2D eigenvalue weighted by atomic mass is 9.95. The number of H-pyrrole nitrogens is 1. The number of furan rings is 1. The Hall–Kier alpha value is -2.34. The standard InChI is InChI=1S/C16H18N2O4/c19-13(14-6-3-7-22-14)9-17-15(20)11-8-10-4-1-2-5-12(10)18-16(11)21/h3,6-8,13,19H,1-2,4-5,9H2,(H,17,20)(H,18,21). The van der Waals surface area contributed by atoms with Gasteiger partial charge in [-0.25, -0.2) is 0 Å². The van der Waals surface area contributed by atoms with E-state index in [2.05, 4.69) is 10.3 Å². The lowest BCUT2D eigenvalue weighted by molar-refractivity contribution is 0.0899. The van der Waals surface area contributed by atoms with Gasteiger partial charge < -0.3 is 19.8 Å². The Balaban J connectivity index is 1.71. The molecule has 2 aromatic heterocycles. The van der Waals surface area contributed by atoms with Gasteiger partial charge in [0.2, 0.25) is 0 Å². The summed E-state index contributed by atoms with van der Waals surface area (Å²) in [5.74, 6) is -0.111. The van der Waals surface area contributed by atoms with Gasteiger partial charge in [0.15, 0.2) is 0 Å². The molecule has 1 amide bonds. The lowest BCUT2D eigenvalue weighted by Gasteiger charge is -2.16. The maximum atomic E-state index is 12.2. The number of carbonyl (C=O) groups is 1. The Morgan fingerprint density at radius 2 is 2.23 bits per heavy atom. The van der Waals surface area contributed by atoms with Crippen LogP contribution in [-0.2, 0) is 12.8 Å². The first-order chi connectivity index (χ1) is 10.6. The van der Waals surface area contributed by atoms with Crippen molar-refractivity contribution in [2.45, 2.75) is 31.8 Å². The van der Waals surface area contributed by atoms with Crippen molar-refractivity contribution in [3.05, 3.63) is 57.4 Å². The van der Waals surface area contributed by atoms with Crippen molar-refractivity contribution in [1.82, 2.24) is 10.3 Å². The van der Waals surface area contributed by atoms with E-state index in [4.69, 9.17) is 4.42 Å². The van der Waals surface area contributed by atoms with Gasteiger partial charge in [0.25, 0.3) is 11.5 Å². The summed E-state index contributed by atoms with van der Waals surface area (Å²) in [7, 11) is 0. The van der Waals surface area contributed by atoms with Crippen LogP contribution in [-0.4, -0.2) is 22.5 Å². The van der Waals surface area contributed by atoms with E-state index in [9.17, 15) is 14.7 Å². The average molecular weight is 302 g/mol. The van der Waals surface area contributed by atoms with Crippen molar-refractivity contribution in [3.63, 3.8) is 0 Å². The van der Waals surface area contributed by atoms with Crippen LogP contribution in [0, 0.1) is 0 Å². The number of rotatable bonds is 4. The first-order valence-electron chi connectivity index (χ1n) is 7.40. The van der Waals surface area contributed by atoms with Crippen molar-refractivity contribution in [2.75, 3.05) is 6.54 Å². The van der Waals surface area contributed by atoms with Crippen molar-refractivity contribution < 1.29 is 14.3 Å². The summed E-state index contributed by atoms with van der Waals surface area (Å²) in [6.45, 7) is -0.0110. The van der Waals surface area contributed by atoms with Gasteiger partial charge in [-0.2, -0.15) is 0 Å². The molecule has 0 aliphatic heterocycles. The molecule has 22 heavy (non-hydrogen) atoms. The maximum Gasteiger partial charge on any atom is 0.261 e. The number of amides is 1. The van der Waals surface area contributed by atoms with Gasteiger partial charge in [0, 0.05) is 5.69 Å². The Kier molecular flexibility index (Phi) is 4.11. The molecule has 1 aliphatic rings. The van der Waals surface area contributed by atoms with Crippen molar-refractivity contribution >= 4 is 5.91 Å². The molecule has 0 saturated carbocycles. The Morgan fingerprint density at radius 3 is 3.00 bits per heavy atom. The summed E-state index contributed by atoms with van der Waals surface area (Å²) in [4.78, 5) is 27.0. The number of pyridine rings is 1. The van der Waals surface area contributed by atoms with Crippen LogP contribution < -0.4 is 10.9 Å². The normalized spacial score (nSPS) is 15.1. The van der Waals surface area contributed by atoms with E-state index in [1.54, 1.807) is 18.2 Å². The number of carbonyl (C=O) groups excluding carboxylic acids is 1. The van der Waals surface area contributed by atoms with Crippen LogP contribution in [0.1, 0.15) is 46.3 Å². The van der Waals surface area contributed by atoms with Crippen LogP contribution in [0.3, 0.4) is 0 Å². The van der Waals surface area contributed by atoms with Crippen molar-refractivity contribution in [1.29, 1.82) is 0 Å². The number of hydrogen-bond donors (Lipinski definition) is 3. The first-order valence-corrected chi connectivity index (χ1v) is 7.40. The van der Waals surface area contributed by atoms with E-state index in [1.165, 1.54) is 6.26 Å². The molecule has 1 aliphatic carbocycles. The van der Waals surface area contributed by atoms with E-state index in [0.29, 0.717) is 5.76 Å². The van der Waals surface area contributed by atoms with E-state index < -0.39 is 12.0 Å². The molecule has 3 rings (SSSR count). The highest BCUT2D eigenvalue weighted by Gasteiger charge is 2.18. The number of aliphatic hydroxyl groups excluding tert-OH is 1. The number of nitrogens with one attached hydrogen (secondary N) is 2. The van der Waals surface area contributed by atoms with E-state index in [-0.39, 0.29) is 17.7 Å². The lowest BCUT2D eigenvalue weighted by Crippen LogP contribution is -2.33. The van der Waals surface area contributed by atoms with Crippen LogP contribution in [0.4, 0.5) is 0 Å². The Morgan fingerprint density at radius 1 is 1.41 bits per heavy atom. The fourth-order valence-electron chi connectivity index (χ4n) is 2.71. The molecular weight excluding hydrogens is 284 g/mol. The molecular formula is C16H18N2O4. The molecule has 0 fully saturated rings. The third-order valence-electron chi connectivity index (χ3n) is 3.91. The summed E-state index contributed by atoms with van der Waals surface area (Å²) in [6.07, 6.45) is 4.37. The topological polar surface area (TPSA) is 95.3 Å². The summed E-state index contributed by atoms with van der Waals surface area (Å²) < 4.78 is 5.06. The fourth-order valence-corrected chi connectivity index (χ4v) is 2.71. The highest BCUT2D eigenvalue weighted by atomic mass is 16.4. The van der Waals surface area contributed by atoms with Gasteiger partial charge >= 0.3 is 0 Å². The van der Waals surface area contributed by atoms with Gasteiger partial charge in [-0.15, -0.1) is 0 Å². The minimum Gasteiger partial charge on any atom is -0.467 e. The number of aryl methyl sites for hydroxylation is 2. The zero-order valence-corrected chi connectivity index (χ0v) is 12.1. The summed E-state index contributed by atoms with van der Waals surface area (Å²) >= 11 is 0. The van der Waals surface area contributed by atoms with Gasteiger partial charge in [0.1, 0.15) is 17.4 Å². The molecule has 6 heteroatoms. The summed E-state index contributed by atoms with van der Waals surface area (Å²) in [5, 5.41) is 12.4. The SMILES string of the molecule is O=C(NCC(O)c1ccco1)c1cc2c([nH]c1=O)CCCC2. The van der Waals surface area contributed by atoms with Crippen LogP contribution in [0.2, 0.25) is 0 Å². The average Bonchev–Trinajstić information content (AvgIpc) is 3.06. The molecule has 0 spiro atoms. The molecule has 6 nitrogen and oxygen atoms in total. The molecule has 2 aromatic rings. The minimum atomic E-state index is -0.935. The van der Waals surface area contributed by atoms with Crippen molar-refractivity contribution in [2.24, 2.45) is 0 Å². The van der Waals surface area contributed by atoms with E-state index in [1.807, 2.05) is 0 Å². The second-order valence-corrected chi connectivity index (χ2v) is 5.46. The maximum absolute atomic E-state index is 12.2. The number of hydrogen-bond acceptors (Lipinski definition) is 4. The monoisotopic (exact) mass is 302 g/mol. The van der Waals surface area contributed by atoms with Gasteiger partial charge in [-0.1, -0.05) is 0 Å². The largest absolute Gasteiger partial charge is 0.467 e. The molecule has 0 bridgehead atoms. The number of aromatic nitrogens is 1. The zero-order chi connectivity index (χ0) is 15.5. The highest BCUT2D eigenvalue weighted by Crippen LogP contribution is 2.18. The van der Waals surface area contributed by atoms with Crippen molar-refractivity contribution in [3.8, 4) is 0 Å². The van der Waals surface area contributed by atoms with Crippen LogP contribution in [0.15, 0.2) is 33.7 Å². The molecule has 1 unspecified atom stereocenters. The molecule has 0 saturated heterocycles. The molecule has 0 radical (unpaired) electrons. The number of aromatic amines is 1. The third kappa shape index (κ3) is 2.96. The minimum absolute atomic E-state index is 0.0110. The first kappa shape index (κ1) is 14.6. The number of aliphatic hydroxyl groups is 1. The van der Waals surface area contributed by atoms with Gasteiger partial charge in [-0.3, -0.25) is 9.59 Å². The smallest absolute Gasteiger partial charge is 0.261 e. The van der Waals surface area contributed by atoms with Crippen LogP contribution in [0.25, 0.3) is 0 Å². The van der Waals surface area contributed by atoms with Gasteiger partial charge in [-0.05, 0) is 49.4 Å². The molecule has 1 atom stereocenters. The second-order valence-electron chi connectivity index (χ2n) is 5.46. The Bertz CT molecular complexity index is 718. The molecule has 0 aromatic carbocycles. The predicted octanol–water partition coefficient (Wildman–Crippen LogP) is 1.31.